The first-order valence-electron chi connectivity index (χ1n) is 8.09. The van der Waals surface area contributed by atoms with E-state index in [-0.39, 0.29) is 0 Å². The van der Waals surface area contributed by atoms with Gasteiger partial charge in [-0.3, -0.25) is 0 Å². The molecular formula is C17H24ClN3. The molecule has 1 heterocycles. The van der Waals surface area contributed by atoms with Gasteiger partial charge in [0.2, 0.25) is 0 Å². The zero-order valence-corrected chi connectivity index (χ0v) is 13.4. The van der Waals surface area contributed by atoms with Gasteiger partial charge < -0.3 is 10.3 Å². The Morgan fingerprint density at radius 2 is 2.19 bits per heavy atom. The van der Waals surface area contributed by atoms with Gasteiger partial charge >= 0.3 is 0 Å². The number of nitrogens with two attached hydrogens (primary N) is 1. The van der Waals surface area contributed by atoms with Crippen LogP contribution in [-0.4, -0.2) is 16.1 Å². The predicted molar refractivity (Wildman–Crippen MR) is 88.8 cm³/mol. The van der Waals surface area contributed by atoms with Crippen molar-refractivity contribution in [2.75, 3.05) is 6.54 Å². The van der Waals surface area contributed by atoms with Crippen molar-refractivity contribution in [1.29, 1.82) is 0 Å². The second kappa shape index (κ2) is 6.37. The lowest BCUT2D eigenvalue weighted by atomic mass is 9.96. The molecule has 1 aliphatic carbocycles. The SMILES string of the molecule is CCC(CCN)CCc1nc2cc(Cl)ccc2n1C1CC1. The summed E-state index contributed by atoms with van der Waals surface area (Å²) < 4.78 is 2.45. The molecular weight excluding hydrogens is 282 g/mol. The number of aryl methyl sites for hydroxylation is 1. The number of hydrogen-bond acceptors (Lipinski definition) is 2. The second-order valence-electron chi connectivity index (χ2n) is 6.15. The van der Waals surface area contributed by atoms with Crippen LogP contribution in [0.1, 0.15) is 50.9 Å². The van der Waals surface area contributed by atoms with E-state index < -0.39 is 0 Å². The maximum atomic E-state index is 6.10. The molecule has 21 heavy (non-hydrogen) atoms. The largest absolute Gasteiger partial charge is 0.330 e. The first kappa shape index (κ1) is 14.9. The van der Waals surface area contributed by atoms with E-state index in [1.54, 1.807) is 0 Å². The van der Waals surface area contributed by atoms with E-state index in [9.17, 15) is 0 Å². The van der Waals surface area contributed by atoms with Crippen molar-refractivity contribution in [3.8, 4) is 0 Å². The molecule has 1 aromatic heterocycles. The fourth-order valence-electron chi connectivity index (χ4n) is 3.16. The number of benzene rings is 1. The van der Waals surface area contributed by atoms with Crippen molar-refractivity contribution in [2.24, 2.45) is 11.7 Å². The van der Waals surface area contributed by atoms with Gasteiger partial charge in [-0.15, -0.1) is 0 Å². The summed E-state index contributed by atoms with van der Waals surface area (Å²) in [5.74, 6) is 1.94. The molecule has 2 N–H and O–H groups in total. The average Bonchev–Trinajstić information content (AvgIpc) is 3.24. The van der Waals surface area contributed by atoms with Crippen molar-refractivity contribution in [3.05, 3.63) is 29.0 Å². The highest BCUT2D eigenvalue weighted by molar-refractivity contribution is 6.31. The molecule has 0 radical (unpaired) electrons. The first-order chi connectivity index (χ1) is 10.2. The van der Waals surface area contributed by atoms with Crippen LogP contribution in [0.2, 0.25) is 5.02 Å². The van der Waals surface area contributed by atoms with Crippen LogP contribution in [0, 0.1) is 5.92 Å². The summed E-state index contributed by atoms with van der Waals surface area (Å²) in [4.78, 5) is 4.85. The van der Waals surface area contributed by atoms with Gasteiger partial charge in [-0.1, -0.05) is 24.9 Å². The van der Waals surface area contributed by atoms with Gasteiger partial charge in [0.15, 0.2) is 0 Å². The summed E-state index contributed by atoms with van der Waals surface area (Å²) in [5, 5.41) is 0.768. The van der Waals surface area contributed by atoms with E-state index in [1.807, 2.05) is 12.1 Å². The second-order valence-corrected chi connectivity index (χ2v) is 6.59. The third-order valence-electron chi connectivity index (χ3n) is 4.57. The van der Waals surface area contributed by atoms with Crippen LogP contribution >= 0.6 is 11.6 Å². The normalized spacial score (nSPS) is 16.5. The van der Waals surface area contributed by atoms with Gasteiger partial charge in [0.05, 0.1) is 11.0 Å². The molecule has 1 atom stereocenters. The molecule has 2 aromatic rings. The number of halogens is 1. The monoisotopic (exact) mass is 305 g/mol. The summed E-state index contributed by atoms with van der Waals surface area (Å²) in [6, 6.07) is 6.72. The van der Waals surface area contributed by atoms with Crippen molar-refractivity contribution < 1.29 is 0 Å². The summed E-state index contributed by atoms with van der Waals surface area (Å²) in [5.41, 5.74) is 7.98. The summed E-state index contributed by atoms with van der Waals surface area (Å²) >= 11 is 6.10. The third-order valence-corrected chi connectivity index (χ3v) is 4.80. The highest BCUT2D eigenvalue weighted by Gasteiger charge is 2.28. The molecule has 0 aliphatic heterocycles. The van der Waals surface area contributed by atoms with Gasteiger partial charge in [-0.2, -0.15) is 0 Å². The minimum atomic E-state index is 0.653. The van der Waals surface area contributed by atoms with Crippen LogP contribution in [-0.2, 0) is 6.42 Å². The number of imidazole rings is 1. The maximum Gasteiger partial charge on any atom is 0.110 e. The van der Waals surface area contributed by atoms with Crippen molar-refractivity contribution >= 4 is 22.6 Å². The molecule has 0 spiro atoms. The predicted octanol–water partition coefficient (Wildman–Crippen LogP) is 4.33. The minimum Gasteiger partial charge on any atom is -0.330 e. The summed E-state index contributed by atoms with van der Waals surface area (Å²) in [6.07, 6.45) is 7.10. The van der Waals surface area contributed by atoms with Crippen molar-refractivity contribution in [3.63, 3.8) is 0 Å². The van der Waals surface area contributed by atoms with Crippen LogP contribution in [0.5, 0.6) is 0 Å². The Morgan fingerprint density at radius 1 is 1.38 bits per heavy atom. The van der Waals surface area contributed by atoms with Crippen LogP contribution in [0.15, 0.2) is 18.2 Å². The van der Waals surface area contributed by atoms with E-state index in [4.69, 9.17) is 22.3 Å². The number of nitrogens with zero attached hydrogens (tertiary/aromatic N) is 2. The van der Waals surface area contributed by atoms with Gasteiger partial charge in [-0.25, -0.2) is 4.98 Å². The number of hydrogen-bond donors (Lipinski definition) is 1. The lowest BCUT2D eigenvalue weighted by Crippen LogP contribution is -2.10. The fraction of sp³-hybridized carbons (Fsp3) is 0.588. The van der Waals surface area contributed by atoms with E-state index in [1.165, 1.54) is 37.0 Å². The molecule has 1 unspecified atom stereocenters. The maximum absolute atomic E-state index is 6.10. The zero-order valence-electron chi connectivity index (χ0n) is 12.7. The standard InChI is InChI=1S/C17H24ClN3/c1-2-12(9-10-19)3-8-17-20-15-11-13(18)4-7-16(15)21(17)14-5-6-14/h4,7,11-12,14H,2-3,5-6,8-10,19H2,1H3. The molecule has 1 saturated carbocycles. The Labute approximate surface area is 131 Å². The molecule has 1 aliphatic rings. The Balaban J connectivity index is 1.85. The van der Waals surface area contributed by atoms with E-state index >= 15 is 0 Å². The Morgan fingerprint density at radius 3 is 2.86 bits per heavy atom. The van der Waals surface area contributed by atoms with Gasteiger partial charge in [-0.05, 0) is 56.3 Å². The summed E-state index contributed by atoms with van der Waals surface area (Å²) in [7, 11) is 0. The Kier molecular flexibility index (Phi) is 4.51. The topological polar surface area (TPSA) is 43.8 Å². The number of aromatic nitrogens is 2. The van der Waals surface area contributed by atoms with Crippen LogP contribution in [0.25, 0.3) is 11.0 Å². The lowest BCUT2D eigenvalue weighted by molar-refractivity contribution is 0.435. The van der Waals surface area contributed by atoms with Crippen LogP contribution in [0.3, 0.4) is 0 Å². The number of rotatable bonds is 7. The third kappa shape index (κ3) is 3.24. The molecule has 4 heteroatoms. The lowest BCUT2D eigenvalue weighted by Gasteiger charge is -2.14. The fourth-order valence-corrected chi connectivity index (χ4v) is 3.33. The van der Waals surface area contributed by atoms with Gasteiger partial charge in [0, 0.05) is 17.5 Å². The molecule has 0 bridgehead atoms. The minimum absolute atomic E-state index is 0.653. The van der Waals surface area contributed by atoms with E-state index in [0.717, 1.165) is 29.9 Å². The quantitative estimate of drug-likeness (QED) is 0.827. The molecule has 1 fully saturated rings. The summed E-state index contributed by atoms with van der Waals surface area (Å²) in [6.45, 7) is 3.04. The van der Waals surface area contributed by atoms with Crippen LogP contribution in [0.4, 0.5) is 0 Å². The van der Waals surface area contributed by atoms with Crippen LogP contribution < -0.4 is 5.73 Å². The Hall–Kier alpha value is -1.06. The van der Waals surface area contributed by atoms with Gasteiger partial charge in [0.25, 0.3) is 0 Å². The van der Waals surface area contributed by atoms with Crippen molar-refractivity contribution in [1.82, 2.24) is 9.55 Å². The molecule has 0 saturated heterocycles. The Bertz CT molecular complexity index is 616. The smallest absolute Gasteiger partial charge is 0.110 e. The molecule has 0 amide bonds. The highest BCUT2D eigenvalue weighted by atomic mass is 35.5. The van der Waals surface area contributed by atoms with E-state index in [2.05, 4.69) is 17.6 Å². The number of fused-ring (bicyclic) bond motifs is 1. The zero-order chi connectivity index (χ0) is 14.8. The highest BCUT2D eigenvalue weighted by Crippen LogP contribution is 2.39. The van der Waals surface area contributed by atoms with Crippen molar-refractivity contribution in [2.45, 2.75) is 51.5 Å². The average molecular weight is 306 g/mol. The molecule has 1 aromatic carbocycles. The van der Waals surface area contributed by atoms with Gasteiger partial charge in [0.1, 0.15) is 5.82 Å². The first-order valence-corrected chi connectivity index (χ1v) is 8.47. The molecule has 114 valence electrons. The van der Waals surface area contributed by atoms with E-state index in [0.29, 0.717) is 12.0 Å². The molecule has 3 rings (SSSR count). The molecule has 3 nitrogen and oxygen atoms in total.